The zero-order valence-corrected chi connectivity index (χ0v) is 13.3. The van der Waals surface area contributed by atoms with E-state index in [1.165, 1.54) is 0 Å². The number of nitrogens with one attached hydrogen (secondary N) is 2. The molecule has 1 aromatic rings. The number of hydrogen-bond donors (Lipinski definition) is 3. The Hall–Kier alpha value is -2.08. The fourth-order valence-corrected chi connectivity index (χ4v) is 2.64. The summed E-state index contributed by atoms with van der Waals surface area (Å²) in [5.74, 6) is 0.0897. The van der Waals surface area contributed by atoms with Gasteiger partial charge in [-0.15, -0.1) is 0 Å². The maximum Gasteiger partial charge on any atom is 0.314 e. The van der Waals surface area contributed by atoms with Crippen molar-refractivity contribution in [3.8, 4) is 0 Å². The fourth-order valence-electron chi connectivity index (χ4n) is 2.64. The lowest BCUT2D eigenvalue weighted by Gasteiger charge is -2.16. The number of aliphatic hydroxyl groups excluding tert-OH is 1. The van der Waals surface area contributed by atoms with E-state index < -0.39 is 6.10 Å². The number of carbonyl (C=O) groups excluding carboxylic acids is 2. The zero-order valence-electron chi connectivity index (χ0n) is 13.3. The number of carbonyl (C=O) groups is 2. The second kappa shape index (κ2) is 9.15. The quantitative estimate of drug-likeness (QED) is 0.698. The summed E-state index contributed by atoms with van der Waals surface area (Å²) in [6.07, 6.45) is 2.32. The minimum absolute atomic E-state index is 0.0897. The van der Waals surface area contributed by atoms with Gasteiger partial charge in [-0.1, -0.05) is 30.3 Å². The molecule has 1 fully saturated rings. The molecule has 0 aromatic heterocycles. The van der Waals surface area contributed by atoms with Crippen LogP contribution in [0.2, 0.25) is 0 Å². The predicted octanol–water partition coefficient (Wildman–Crippen LogP) is 0.902. The molecule has 1 saturated heterocycles. The maximum atomic E-state index is 11.8. The summed E-state index contributed by atoms with van der Waals surface area (Å²) in [5.41, 5.74) is 1.03. The number of aliphatic hydroxyl groups is 1. The molecule has 126 valence electrons. The Morgan fingerprint density at radius 1 is 1.13 bits per heavy atom. The highest BCUT2D eigenvalue weighted by molar-refractivity contribution is 5.78. The molecule has 1 aliphatic rings. The van der Waals surface area contributed by atoms with E-state index in [2.05, 4.69) is 10.6 Å². The minimum atomic E-state index is -0.630. The van der Waals surface area contributed by atoms with Crippen LogP contribution < -0.4 is 10.6 Å². The average Bonchev–Trinajstić information content (AvgIpc) is 3.08. The molecule has 0 aliphatic carbocycles. The summed E-state index contributed by atoms with van der Waals surface area (Å²) in [6, 6.07) is 9.27. The van der Waals surface area contributed by atoms with E-state index in [-0.39, 0.29) is 18.5 Å². The molecule has 1 aliphatic heterocycles. The summed E-state index contributed by atoms with van der Waals surface area (Å²) in [5, 5.41) is 15.2. The molecule has 1 aromatic carbocycles. The van der Waals surface area contributed by atoms with Crippen molar-refractivity contribution >= 4 is 11.9 Å². The molecular formula is C17H25N3O3. The van der Waals surface area contributed by atoms with Crippen molar-refractivity contribution in [2.75, 3.05) is 26.2 Å². The third-order valence-corrected chi connectivity index (χ3v) is 3.90. The largest absolute Gasteiger partial charge is 0.391 e. The van der Waals surface area contributed by atoms with Gasteiger partial charge < -0.3 is 20.6 Å². The Morgan fingerprint density at radius 2 is 1.83 bits per heavy atom. The molecule has 0 spiro atoms. The third-order valence-electron chi connectivity index (χ3n) is 3.90. The predicted molar refractivity (Wildman–Crippen MR) is 88.0 cm³/mol. The third kappa shape index (κ3) is 6.28. The molecule has 6 heteroatoms. The summed E-state index contributed by atoms with van der Waals surface area (Å²) >= 11 is 0. The zero-order chi connectivity index (χ0) is 16.5. The number of likely N-dealkylation sites (tertiary alicyclic amines) is 1. The Bertz CT molecular complexity index is 501. The molecule has 3 N–H and O–H groups in total. The second-order valence-corrected chi connectivity index (χ2v) is 5.82. The normalized spacial score (nSPS) is 15.3. The highest BCUT2D eigenvalue weighted by Crippen LogP contribution is 2.08. The summed E-state index contributed by atoms with van der Waals surface area (Å²) in [6.45, 7) is 2.16. The van der Waals surface area contributed by atoms with Crippen LogP contribution in [-0.4, -0.2) is 54.2 Å². The number of benzene rings is 1. The number of hydrogen-bond acceptors (Lipinski definition) is 3. The van der Waals surface area contributed by atoms with Gasteiger partial charge in [0, 0.05) is 39.0 Å². The van der Waals surface area contributed by atoms with E-state index in [9.17, 15) is 14.7 Å². The van der Waals surface area contributed by atoms with Crippen molar-refractivity contribution in [2.24, 2.45) is 0 Å². The topological polar surface area (TPSA) is 81.7 Å². The first-order chi connectivity index (χ1) is 11.1. The van der Waals surface area contributed by atoms with Gasteiger partial charge in [-0.05, 0) is 18.4 Å². The van der Waals surface area contributed by atoms with Crippen molar-refractivity contribution < 1.29 is 14.7 Å². The number of urea groups is 1. The van der Waals surface area contributed by atoms with Gasteiger partial charge in [0.05, 0.1) is 6.10 Å². The second-order valence-electron chi connectivity index (χ2n) is 5.82. The molecule has 0 bridgehead atoms. The van der Waals surface area contributed by atoms with Gasteiger partial charge >= 0.3 is 6.03 Å². The van der Waals surface area contributed by atoms with Crippen LogP contribution in [0.5, 0.6) is 0 Å². The highest BCUT2D eigenvalue weighted by Gasteiger charge is 2.17. The monoisotopic (exact) mass is 319 g/mol. The van der Waals surface area contributed by atoms with Crippen LogP contribution >= 0.6 is 0 Å². The van der Waals surface area contributed by atoms with Crippen molar-refractivity contribution in [3.63, 3.8) is 0 Å². The van der Waals surface area contributed by atoms with Gasteiger partial charge in [0.1, 0.15) is 0 Å². The van der Waals surface area contributed by atoms with E-state index in [1.807, 2.05) is 35.2 Å². The fraction of sp³-hybridized carbons (Fsp3) is 0.529. The molecule has 1 atom stereocenters. The van der Waals surface area contributed by atoms with Gasteiger partial charge in [0.15, 0.2) is 0 Å². The van der Waals surface area contributed by atoms with Crippen LogP contribution in [0, 0.1) is 0 Å². The van der Waals surface area contributed by atoms with Crippen molar-refractivity contribution in [3.05, 3.63) is 35.9 Å². The number of amides is 3. The van der Waals surface area contributed by atoms with Crippen LogP contribution in [0.1, 0.15) is 24.8 Å². The molecule has 2 rings (SSSR count). The highest BCUT2D eigenvalue weighted by atomic mass is 16.3. The first-order valence-corrected chi connectivity index (χ1v) is 8.16. The van der Waals surface area contributed by atoms with E-state index in [0.29, 0.717) is 19.4 Å². The molecule has 6 nitrogen and oxygen atoms in total. The standard InChI is InChI=1S/C17H25N3O3/c21-15(12-14-6-2-1-3-7-14)13-19-17(23)18-9-8-16(22)20-10-4-5-11-20/h1-3,6-7,15,21H,4-5,8-13H2,(H2,18,19,23)/t15-/m1/s1. The van der Waals surface area contributed by atoms with Gasteiger partial charge in [-0.2, -0.15) is 0 Å². The van der Waals surface area contributed by atoms with Crippen molar-refractivity contribution in [1.82, 2.24) is 15.5 Å². The lowest BCUT2D eigenvalue weighted by Crippen LogP contribution is -2.41. The SMILES string of the molecule is O=C(NCCC(=O)N1CCCC1)NC[C@H](O)Cc1ccccc1. The maximum absolute atomic E-state index is 11.8. The first kappa shape index (κ1) is 17.3. The first-order valence-electron chi connectivity index (χ1n) is 8.16. The van der Waals surface area contributed by atoms with E-state index in [0.717, 1.165) is 31.5 Å². The summed E-state index contributed by atoms with van der Waals surface area (Å²) < 4.78 is 0. The Kier molecular flexibility index (Phi) is 6.87. The minimum Gasteiger partial charge on any atom is -0.391 e. The molecule has 0 radical (unpaired) electrons. The molecular weight excluding hydrogens is 294 g/mol. The Labute approximate surface area is 136 Å². The number of nitrogens with zero attached hydrogens (tertiary/aromatic N) is 1. The van der Waals surface area contributed by atoms with Crippen molar-refractivity contribution in [2.45, 2.75) is 31.8 Å². The van der Waals surface area contributed by atoms with Crippen LogP contribution in [0.3, 0.4) is 0 Å². The van der Waals surface area contributed by atoms with Crippen LogP contribution in [0.15, 0.2) is 30.3 Å². The van der Waals surface area contributed by atoms with Crippen LogP contribution in [-0.2, 0) is 11.2 Å². The van der Waals surface area contributed by atoms with E-state index >= 15 is 0 Å². The van der Waals surface area contributed by atoms with Gasteiger partial charge in [0.2, 0.25) is 5.91 Å². The molecule has 0 unspecified atom stereocenters. The summed E-state index contributed by atoms with van der Waals surface area (Å²) in [7, 11) is 0. The van der Waals surface area contributed by atoms with Gasteiger partial charge in [-0.3, -0.25) is 4.79 Å². The van der Waals surface area contributed by atoms with Crippen LogP contribution in [0.25, 0.3) is 0 Å². The van der Waals surface area contributed by atoms with Gasteiger partial charge in [-0.25, -0.2) is 4.79 Å². The van der Waals surface area contributed by atoms with Gasteiger partial charge in [0.25, 0.3) is 0 Å². The smallest absolute Gasteiger partial charge is 0.314 e. The summed E-state index contributed by atoms with van der Waals surface area (Å²) in [4.78, 5) is 25.3. The lowest BCUT2D eigenvalue weighted by atomic mass is 10.1. The molecule has 23 heavy (non-hydrogen) atoms. The number of rotatable bonds is 7. The average molecular weight is 319 g/mol. The van der Waals surface area contributed by atoms with E-state index in [4.69, 9.17) is 0 Å². The molecule has 0 saturated carbocycles. The lowest BCUT2D eigenvalue weighted by molar-refractivity contribution is -0.129. The van der Waals surface area contributed by atoms with Crippen LogP contribution in [0.4, 0.5) is 4.79 Å². The Balaban J connectivity index is 1.56. The molecule has 3 amide bonds. The van der Waals surface area contributed by atoms with Crippen molar-refractivity contribution in [1.29, 1.82) is 0 Å². The molecule has 1 heterocycles. The Morgan fingerprint density at radius 3 is 2.52 bits per heavy atom. The van der Waals surface area contributed by atoms with E-state index in [1.54, 1.807) is 0 Å².